The average molecular weight is 259 g/mol. The average Bonchev–Trinajstić information content (AvgIpc) is 2.38. The molecule has 0 fully saturated rings. The van der Waals surface area contributed by atoms with Gasteiger partial charge in [0.15, 0.2) is 5.96 Å². The fraction of sp³-hybridized carbons (Fsp3) is 0.429. The van der Waals surface area contributed by atoms with Gasteiger partial charge in [0, 0.05) is 6.54 Å². The lowest BCUT2D eigenvalue weighted by atomic mass is 9.87. The number of rotatable bonds is 3. The Kier molecular flexibility index (Phi) is 4.39. The van der Waals surface area contributed by atoms with Crippen LogP contribution >= 0.6 is 0 Å². The molecule has 5 nitrogen and oxygen atoms in total. The summed E-state index contributed by atoms with van der Waals surface area (Å²) in [5.41, 5.74) is 20.4. The summed E-state index contributed by atoms with van der Waals surface area (Å²) in [6, 6.07) is 6.54. The fourth-order valence-electron chi connectivity index (χ4n) is 2.55. The van der Waals surface area contributed by atoms with Crippen molar-refractivity contribution in [3.8, 4) is 0 Å². The number of aliphatic imine (C=N–C) groups is 2. The zero-order valence-corrected chi connectivity index (χ0v) is 11.1. The highest BCUT2D eigenvalue weighted by molar-refractivity contribution is 5.92. The molecule has 102 valence electrons. The van der Waals surface area contributed by atoms with E-state index in [1.807, 2.05) is 0 Å². The number of hydrogen-bond donors (Lipinski definition) is 3. The van der Waals surface area contributed by atoms with Gasteiger partial charge in [-0.3, -0.25) is 4.99 Å². The monoisotopic (exact) mass is 259 g/mol. The SMILES string of the molecule is NC(N)=NC(N)=NCCc1cccc2c1CCCC2. The molecule has 0 radical (unpaired) electrons. The normalized spacial score (nSPS) is 14.8. The molecule has 1 aromatic rings. The smallest absolute Gasteiger partial charge is 0.218 e. The molecule has 0 amide bonds. The van der Waals surface area contributed by atoms with Gasteiger partial charge < -0.3 is 17.2 Å². The molecule has 19 heavy (non-hydrogen) atoms. The molecule has 1 aromatic carbocycles. The lowest BCUT2D eigenvalue weighted by Gasteiger charge is -2.18. The second-order valence-electron chi connectivity index (χ2n) is 4.79. The first-order valence-electron chi connectivity index (χ1n) is 6.66. The van der Waals surface area contributed by atoms with E-state index in [9.17, 15) is 0 Å². The molecular formula is C14H21N5. The van der Waals surface area contributed by atoms with Gasteiger partial charge in [0.1, 0.15) is 0 Å². The van der Waals surface area contributed by atoms with E-state index < -0.39 is 0 Å². The largest absolute Gasteiger partial charge is 0.370 e. The van der Waals surface area contributed by atoms with Crippen molar-refractivity contribution in [2.24, 2.45) is 27.2 Å². The summed E-state index contributed by atoms with van der Waals surface area (Å²) in [5, 5.41) is 0. The van der Waals surface area contributed by atoms with Crippen molar-refractivity contribution in [1.82, 2.24) is 0 Å². The topological polar surface area (TPSA) is 103 Å². The van der Waals surface area contributed by atoms with Gasteiger partial charge in [-0.05, 0) is 48.8 Å². The van der Waals surface area contributed by atoms with E-state index in [0.717, 1.165) is 6.42 Å². The van der Waals surface area contributed by atoms with Crippen LogP contribution in [0.25, 0.3) is 0 Å². The highest BCUT2D eigenvalue weighted by atomic mass is 15.1. The van der Waals surface area contributed by atoms with E-state index >= 15 is 0 Å². The van der Waals surface area contributed by atoms with E-state index in [1.165, 1.54) is 42.4 Å². The second kappa shape index (κ2) is 6.22. The number of fused-ring (bicyclic) bond motifs is 1. The highest BCUT2D eigenvalue weighted by Gasteiger charge is 2.12. The molecule has 0 spiro atoms. The molecular weight excluding hydrogens is 238 g/mol. The first kappa shape index (κ1) is 13.4. The summed E-state index contributed by atoms with van der Waals surface area (Å²) in [5.74, 6) is 0.0862. The predicted molar refractivity (Wildman–Crippen MR) is 79.1 cm³/mol. The van der Waals surface area contributed by atoms with E-state index in [2.05, 4.69) is 28.2 Å². The summed E-state index contributed by atoms with van der Waals surface area (Å²) >= 11 is 0. The Morgan fingerprint density at radius 1 is 1.11 bits per heavy atom. The summed E-state index contributed by atoms with van der Waals surface area (Å²) in [6.07, 6.45) is 5.83. The summed E-state index contributed by atoms with van der Waals surface area (Å²) in [6.45, 7) is 0.610. The maximum absolute atomic E-state index is 5.58. The summed E-state index contributed by atoms with van der Waals surface area (Å²) in [4.78, 5) is 7.85. The molecule has 0 saturated heterocycles. The fourth-order valence-corrected chi connectivity index (χ4v) is 2.55. The molecule has 0 unspecified atom stereocenters. The van der Waals surface area contributed by atoms with E-state index in [4.69, 9.17) is 17.2 Å². The van der Waals surface area contributed by atoms with Crippen LogP contribution in [-0.2, 0) is 19.3 Å². The zero-order chi connectivity index (χ0) is 13.7. The molecule has 0 aliphatic heterocycles. The third-order valence-electron chi connectivity index (χ3n) is 3.39. The summed E-state index contributed by atoms with van der Waals surface area (Å²) < 4.78 is 0. The Balaban J connectivity index is 2.02. The van der Waals surface area contributed by atoms with Gasteiger partial charge in [0.05, 0.1) is 0 Å². The Labute approximate surface area is 113 Å². The van der Waals surface area contributed by atoms with Gasteiger partial charge in [-0.15, -0.1) is 0 Å². The van der Waals surface area contributed by atoms with Gasteiger partial charge in [0.25, 0.3) is 0 Å². The van der Waals surface area contributed by atoms with Crippen molar-refractivity contribution in [2.45, 2.75) is 32.1 Å². The van der Waals surface area contributed by atoms with Crippen LogP contribution in [0, 0.1) is 0 Å². The van der Waals surface area contributed by atoms with Crippen LogP contribution in [0.1, 0.15) is 29.5 Å². The molecule has 0 heterocycles. The molecule has 0 bridgehead atoms. The standard InChI is InChI=1S/C14H21N5/c15-13(16)19-14(17)18-9-8-11-6-3-5-10-4-1-2-7-12(10)11/h3,5-6H,1-2,4,7-9H2,(H6,15,16,17,18,19). The Morgan fingerprint density at radius 2 is 1.89 bits per heavy atom. The number of guanidine groups is 2. The molecule has 0 saturated carbocycles. The van der Waals surface area contributed by atoms with Crippen LogP contribution in [0.3, 0.4) is 0 Å². The molecule has 6 N–H and O–H groups in total. The number of aryl methyl sites for hydroxylation is 1. The third-order valence-corrected chi connectivity index (χ3v) is 3.39. The van der Waals surface area contributed by atoms with Crippen molar-refractivity contribution in [3.63, 3.8) is 0 Å². The number of nitrogens with two attached hydrogens (primary N) is 3. The first-order valence-corrected chi connectivity index (χ1v) is 6.66. The van der Waals surface area contributed by atoms with Crippen LogP contribution in [-0.4, -0.2) is 18.5 Å². The minimum Gasteiger partial charge on any atom is -0.370 e. The van der Waals surface area contributed by atoms with Crippen LogP contribution in [0.5, 0.6) is 0 Å². The maximum Gasteiger partial charge on any atom is 0.218 e. The minimum atomic E-state index is -0.0571. The predicted octanol–water partition coefficient (Wildman–Crippen LogP) is 0.696. The van der Waals surface area contributed by atoms with Gasteiger partial charge in [-0.2, -0.15) is 4.99 Å². The van der Waals surface area contributed by atoms with Gasteiger partial charge >= 0.3 is 0 Å². The highest BCUT2D eigenvalue weighted by Crippen LogP contribution is 2.24. The van der Waals surface area contributed by atoms with Crippen molar-refractivity contribution in [3.05, 3.63) is 34.9 Å². The Morgan fingerprint density at radius 3 is 2.68 bits per heavy atom. The lowest BCUT2D eigenvalue weighted by molar-refractivity contribution is 0.677. The van der Waals surface area contributed by atoms with Crippen molar-refractivity contribution in [2.75, 3.05) is 6.54 Å². The molecule has 1 aliphatic rings. The van der Waals surface area contributed by atoms with E-state index in [1.54, 1.807) is 0 Å². The number of hydrogen-bond acceptors (Lipinski definition) is 1. The lowest BCUT2D eigenvalue weighted by Crippen LogP contribution is -2.26. The van der Waals surface area contributed by atoms with Crippen LogP contribution in [0.2, 0.25) is 0 Å². The molecule has 2 rings (SSSR count). The van der Waals surface area contributed by atoms with Crippen molar-refractivity contribution >= 4 is 11.9 Å². The number of benzene rings is 1. The molecule has 1 aliphatic carbocycles. The van der Waals surface area contributed by atoms with Crippen LogP contribution in [0.15, 0.2) is 28.2 Å². The molecule has 0 aromatic heterocycles. The van der Waals surface area contributed by atoms with E-state index in [-0.39, 0.29) is 11.9 Å². The number of nitrogens with zero attached hydrogens (tertiary/aromatic N) is 2. The van der Waals surface area contributed by atoms with Gasteiger partial charge in [-0.25, -0.2) is 0 Å². The first-order chi connectivity index (χ1) is 9.16. The zero-order valence-electron chi connectivity index (χ0n) is 11.1. The maximum atomic E-state index is 5.58. The molecule has 0 atom stereocenters. The van der Waals surface area contributed by atoms with Crippen LogP contribution < -0.4 is 17.2 Å². The third kappa shape index (κ3) is 3.71. The van der Waals surface area contributed by atoms with Crippen molar-refractivity contribution < 1.29 is 0 Å². The Hall–Kier alpha value is -2.04. The second-order valence-corrected chi connectivity index (χ2v) is 4.79. The van der Waals surface area contributed by atoms with Gasteiger partial charge in [-0.1, -0.05) is 18.2 Å². The minimum absolute atomic E-state index is 0.0571. The summed E-state index contributed by atoms with van der Waals surface area (Å²) in [7, 11) is 0. The van der Waals surface area contributed by atoms with Gasteiger partial charge in [0.2, 0.25) is 5.96 Å². The van der Waals surface area contributed by atoms with Crippen molar-refractivity contribution in [1.29, 1.82) is 0 Å². The molecule has 5 heteroatoms. The quantitative estimate of drug-likeness (QED) is 0.549. The van der Waals surface area contributed by atoms with E-state index in [0.29, 0.717) is 6.54 Å². The Bertz CT molecular complexity index is 501. The van der Waals surface area contributed by atoms with Crippen LogP contribution in [0.4, 0.5) is 0 Å².